The van der Waals surface area contributed by atoms with Gasteiger partial charge in [-0.3, -0.25) is 19.6 Å². The lowest BCUT2D eigenvalue weighted by Gasteiger charge is -2.30. The number of H-pyrrole nitrogens is 1. The number of carbonyl (C=O) groups is 1. The summed E-state index contributed by atoms with van der Waals surface area (Å²) in [6, 6.07) is 5.95. The monoisotopic (exact) mass is 553 g/mol. The molecule has 1 aliphatic carbocycles. The van der Waals surface area contributed by atoms with E-state index in [0.29, 0.717) is 30.3 Å². The van der Waals surface area contributed by atoms with Crippen LogP contribution in [0.5, 0.6) is 0 Å². The molecular formula is C29H35N11O. The van der Waals surface area contributed by atoms with E-state index in [2.05, 4.69) is 44.2 Å². The molecule has 0 saturated heterocycles. The van der Waals surface area contributed by atoms with Gasteiger partial charge in [0.05, 0.1) is 17.6 Å². The Kier molecular flexibility index (Phi) is 7.21. The number of hydrogen-bond acceptors (Lipinski definition) is 8. The minimum Gasteiger partial charge on any atom is -0.383 e. The number of amides is 1. The van der Waals surface area contributed by atoms with Crippen LogP contribution in [0.25, 0.3) is 28.2 Å². The fraction of sp³-hybridized carbons (Fsp3) is 0.414. The van der Waals surface area contributed by atoms with Crippen LogP contribution in [0.15, 0.2) is 43.1 Å². The van der Waals surface area contributed by atoms with E-state index in [1.54, 1.807) is 9.20 Å². The lowest BCUT2D eigenvalue weighted by molar-refractivity contribution is 0.0650. The summed E-state index contributed by atoms with van der Waals surface area (Å²) in [4.78, 5) is 29.1. The van der Waals surface area contributed by atoms with E-state index in [-0.39, 0.29) is 17.8 Å². The molecule has 1 amide bonds. The van der Waals surface area contributed by atoms with Crippen molar-refractivity contribution in [3.8, 4) is 22.5 Å². The zero-order chi connectivity index (χ0) is 28.5. The molecule has 3 N–H and O–H groups in total. The van der Waals surface area contributed by atoms with Crippen molar-refractivity contribution in [1.82, 2.24) is 49.4 Å². The van der Waals surface area contributed by atoms with Crippen LogP contribution in [0.3, 0.4) is 0 Å². The van der Waals surface area contributed by atoms with Crippen molar-refractivity contribution in [3.63, 3.8) is 0 Å². The number of rotatable bonds is 11. The number of nitrogens with one attached hydrogen (secondary N) is 1. The molecule has 1 atom stereocenters. The summed E-state index contributed by atoms with van der Waals surface area (Å²) >= 11 is 0. The van der Waals surface area contributed by atoms with E-state index in [4.69, 9.17) is 10.7 Å². The third-order valence-corrected chi connectivity index (χ3v) is 7.81. The first-order valence-corrected chi connectivity index (χ1v) is 14.3. The number of nitrogen functional groups attached to an aromatic ring is 1. The lowest BCUT2D eigenvalue weighted by Crippen LogP contribution is -2.41. The third-order valence-electron chi connectivity index (χ3n) is 7.81. The highest BCUT2D eigenvalue weighted by Crippen LogP contribution is 2.45. The number of hydrogen-bond donors (Lipinski definition) is 2. The van der Waals surface area contributed by atoms with Gasteiger partial charge in [0.15, 0.2) is 5.65 Å². The zero-order valence-electron chi connectivity index (χ0n) is 23.7. The maximum Gasteiger partial charge on any atom is 0.291 e. The molecule has 0 aromatic carbocycles. The van der Waals surface area contributed by atoms with Gasteiger partial charge in [0.2, 0.25) is 5.82 Å². The van der Waals surface area contributed by atoms with Crippen molar-refractivity contribution in [3.05, 3.63) is 60.2 Å². The molecule has 0 bridgehead atoms. The normalized spacial score (nSPS) is 14.0. The molecule has 5 aromatic rings. The second kappa shape index (κ2) is 11.1. The second-order valence-electron chi connectivity index (χ2n) is 10.7. The molecule has 0 spiro atoms. The minimum atomic E-state index is -0.124. The van der Waals surface area contributed by atoms with Crippen LogP contribution in [0.2, 0.25) is 0 Å². The average Bonchev–Trinajstić information content (AvgIpc) is 3.33. The van der Waals surface area contributed by atoms with Crippen LogP contribution in [0.1, 0.15) is 73.7 Å². The topological polar surface area (TPSA) is 149 Å². The van der Waals surface area contributed by atoms with Crippen LogP contribution in [0.4, 0.5) is 5.82 Å². The maximum absolute atomic E-state index is 13.2. The van der Waals surface area contributed by atoms with Gasteiger partial charge in [0.1, 0.15) is 17.8 Å². The van der Waals surface area contributed by atoms with E-state index in [9.17, 15) is 4.79 Å². The number of nitrogens with two attached hydrogens (primary N) is 1. The number of fused-ring (bicyclic) bond motifs is 1. The van der Waals surface area contributed by atoms with E-state index in [1.807, 2.05) is 48.7 Å². The van der Waals surface area contributed by atoms with E-state index in [0.717, 1.165) is 65.9 Å². The summed E-state index contributed by atoms with van der Waals surface area (Å²) in [5.74, 6) is 1.19. The maximum atomic E-state index is 13.2. The highest BCUT2D eigenvalue weighted by atomic mass is 16.2. The molecule has 0 radical (unpaired) electrons. The van der Waals surface area contributed by atoms with Crippen molar-refractivity contribution >= 4 is 17.4 Å². The van der Waals surface area contributed by atoms with Crippen LogP contribution >= 0.6 is 0 Å². The molecule has 1 fully saturated rings. The van der Waals surface area contributed by atoms with Gasteiger partial charge < -0.3 is 10.6 Å². The van der Waals surface area contributed by atoms with Crippen LogP contribution < -0.4 is 5.73 Å². The Morgan fingerprint density at radius 2 is 2.02 bits per heavy atom. The van der Waals surface area contributed by atoms with E-state index < -0.39 is 0 Å². The van der Waals surface area contributed by atoms with Crippen LogP contribution in [-0.2, 0) is 13.5 Å². The van der Waals surface area contributed by atoms with Crippen molar-refractivity contribution in [1.29, 1.82) is 0 Å². The predicted octanol–water partition coefficient (Wildman–Crippen LogP) is 4.03. The van der Waals surface area contributed by atoms with Gasteiger partial charge in [0, 0.05) is 48.7 Å². The van der Waals surface area contributed by atoms with Crippen LogP contribution in [-0.4, -0.2) is 67.9 Å². The molecule has 0 aliphatic heterocycles. The van der Waals surface area contributed by atoms with E-state index >= 15 is 0 Å². The Labute approximate surface area is 238 Å². The summed E-state index contributed by atoms with van der Waals surface area (Å²) in [7, 11) is 1.89. The van der Waals surface area contributed by atoms with Crippen molar-refractivity contribution in [2.24, 2.45) is 7.05 Å². The smallest absolute Gasteiger partial charge is 0.291 e. The summed E-state index contributed by atoms with van der Waals surface area (Å²) in [6.45, 7) is 4.84. The molecular weight excluding hydrogens is 518 g/mol. The van der Waals surface area contributed by atoms with Gasteiger partial charge in [-0.15, -0.1) is 0 Å². The Bertz CT molecular complexity index is 1650. The molecule has 212 valence electrons. The molecule has 0 unspecified atom stereocenters. The van der Waals surface area contributed by atoms with Crippen LogP contribution in [0, 0.1) is 0 Å². The van der Waals surface area contributed by atoms with Gasteiger partial charge in [-0.2, -0.15) is 19.8 Å². The Balaban J connectivity index is 1.31. The number of carbonyl (C=O) groups excluding carboxylic acids is 1. The quantitative estimate of drug-likeness (QED) is 0.249. The third kappa shape index (κ3) is 5.17. The van der Waals surface area contributed by atoms with Crippen molar-refractivity contribution in [2.75, 3.05) is 12.3 Å². The zero-order valence-corrected chi connectivity index (χ0v) is 23.7. The molecule has 5 aromatic heterocycles. The number of pyridine rings is 1. The average molecular weight is 554 g/mol. The van der Waals surface area contributed by atoms with Gasteiger partial charge in [-0.25, -0.2) is 9.97 Å². The molecule has 12 heteroatoms. The standard InChI is InChI=1S/C29H35N11O/c1-4-13-39(29(41)27-32-17-33-36-27)20(5-2)9-11-24-25(18-6-7-18)26(30)40-28(35-24)21(16-34-40)19-8-10-22(31-15-19)23-12-14-38(3)37-23/h8,10,12,14-18,20H,4-7,9,11,13,30H2,1-3H3,(H,32,33,36)/t20-/m1/s1. The number of anilines is 1. The molecule has 41 heavy (non-hydrogen) atoms. The van der Waals surface area contributed by atoms with Crippen molar-refractivity contribution in [2.45, 2.75) is 64.3 Å². The van der Waals surface area contributed by atoms with E-state index in [1.165, 1.54) is 6.33 Å². The highest BCUT2D eigenvalue weighted by Gasteiger charge is 2.32. The van der Waals surface area contributed by atoms with Gasteiger partial charge in [0.25, 0.3) is 5.91 Å². The predicted molar refractivity (Wildman–Crippen MR) is 155 cm³/mol. The Morgan fingerprint density at radius 3 is 2.66 bits per heavy atom. The Hall–Kier alpha value is -4.61. The number of aromatic nitrogens is 9. The summed E-state index contributed by atoms with van der Waals surface area (Å²) in [6.07, 6.45) is 12.3. The minimum absolute atomic E-state index is 0.0339. The van der Waals surface area contributed by atoms with Gasteiger partial charge in [-0.05, 0) is 56.6 Å². The summed E-state index contributed by atoms with van der Waals surface area (Å²) in [5, 5.41) is 15.7. The van der Waals surface area contributed by atoms with Gasteiger partial charge in [-0.1, -0.05) is 19.9 Å². The Morgan fingerprint density at radius 1 is 1.17 bits per heavy atom. The number of aromatic amines is 1. The molecule has 6 rings (SSSR count). The molecule has 1 aliphatic rings. The van der Waals surface area contributed by atoms with Gasteiger partial charge >= 0.3 is 0 Å². The fourth-order valence-corrected chi connectivity index (χ4v) is 5.56. The highest BCUT2D eigenvalue weighted by molar-refractivity contribution is 5.90. The first-order chi connectivity index (χ1) is 20.0. The first-order valence-electron chi connectivity index (χ1n) is 14.3. The van der Waals surface area contributed by atoms with Crippen molar-refractivity contribution < 1.29 is 4.79 Å². The number of nitrogens with zero attached hydrogens (tertiary/aromatic N) is 9. The summed E-state index contributed by atoms with van der Waals surface area (Å²) < 4.78 is 3.52. The lowest BCUT2D eigenvalue weighted by atomic mass is 10.00. The largest absolute Gasteiger partial charge is 0.383 e. The first kappa shape index (κ1) is 26.6. The second-order valence-corrected chi connectivity index (χ2v) is 10.7. The fourth-order valence-electron chi connectivity index (χ4n) is 5.56. The SMILES string of the molecule is CCCN(C(=O)c1ncn[nH]1)[C@H](CC)CCc1nc2c(-c3ccc(-c4ccn(C)n4)nc3)cnn2c(N)c1C1CC1. The molecule has 5 heterocycles. The molecule has 12 nitrogen and oxygen atoms in total. The molecule has 1 saturated carbocycles. The number of aryl methyl sites for hydroxylation is 2. The summed E-state index contributed by atoms with van der Waals surface area (Å²) in [5.41, 5.74) is 13.0.